The molecule has 10 heavy (non-hydrogen) atoms. The van der Waals surface area contributed by atoms with Crippen molar-refractivity contribution in [1.82, 2.24) is 4.90 Å². The molecule has 0 aromatic carbocycles. The molecule has 1 aliphatic heterocycles. The Morgan fingerprint density at radius 1 is 2.00 bits per heavy atom. The molecule has 0 radical (unpaired) electrons. The molecule has 0 amide bonds. The largest absolute Gasteiger partial charge is 0.480 e. The number of rotatable bonds is 2. The minimum Gasteiger partial charge on any atom is -0.480 e. The first-order valence-corrected chi connectivity index (χ1v) is 3.52. The highest BCUT2D eigenvalue weighted by molar-refractivity contribution is 5.73. The number of carbonyl (C=O) groups is 1. The van der Waals surface area contributed by atoms with Crippen molar-refractivity contribution in [2.75, 3.05) is 13.1 Å². The summed E-state index contributed by atoms with van der Waals surface area (Å²) in [6.07, 6.45) is 1.70. The van der Waals surface area contributed by atoms with Crippen molar-refractivity contribution in [2.24, 2.45) is 0 Å². The number of likely N-dealkylation sites (tertiary alicyclic amines) is 1. The summed E-state index contributed by atoms with van der Waals surface area (Å²) in [7, 11) is 0. The second-order valence-corrected chi connectivity index (χ2v) is 2.53. The highest BCUT2D eigenvalue weighted by Gasteiger charge is 2.28. The number of aliphatic carboxylic acids is 1. The Kier molecular flexibility index (Phi) is 1.86. The normalized spacial score (nSPS) is 28.4. The van der Waals surface area contributed by atoms with Gasteiger partial charge in [-0.25, -0.2) is 0 Å². The first-order valence-electron chi connectivity index (χ1n) is 4.22. The van der Waals surface area contributed by atoms with Crippen LogP contribution in [0.4, 0.5) is 0 Å². The average Bonchev–Trinajstić information content (AvgIpc) is 2.36. The molecule has 0 aromatic heterocycles. The van der Waals surface area contributed by atoms with E-state index in [-0.39, 0.29) is 6.04 Å². The highest BCUT2D eigenvalue weighted by atomic mass is 16.4. The maximum Gasteiger partial charge on any atom is 0.320 e. The number of hydrogen-bond donors (Lipinski definition) is 1. The number of carboxylic acids is 1. The molecule has 1 rings (SSSR count). The fourth-order valence-corrected chi connectivity index (χ4v) is 1.37. The number of nitrogens with zero attached hydrogens (tertiary/aromatic N) is 1. The molecule has 1 N–H and O–H groups in total. The molecule has 1 heterocycles. The smallest absolute Gasteiger partial charge is 0.320 e. The van der Waals surface area contributed by atoms with Gasteiger partial charge >= 0.3 is 5.97 Å². The van der Waals surface area contributed by atoms with Crippen LogP contribution in [0.15, 0.2) is 0 Å². The highest BCUT2D eigenvalue weighted by Crippen LogP contribution is 2.15. The van der Waals surface area contributed by atoms with Gasteiger partial charge in [-0.15, -0.1) is 0 Å². The summed E-state index contributed by atoms with van der Waals surface area (Å²) in [6.45, 7) is 1.73. The molecule has 1 atom stereocenters. The predicted octanol–water partition coefficient (Wildman–Crippen LogP) is 0.555. The Bertz CT molecular complexity index is 151. The van der Waals surface area contributed by atoms with Crippen LogP contribution in [-0.4, -0.2) is 35.1 Å². The lowest BCUT2D eigenvalue weighted by atomic mass is 10.2. The van der Waals surface area contributed by atoms with Gasteiger partial charge in [0.15, 0.2) is 0 Å². The van der Waals surface area contributed by atoms with Crippen LogP contribution in [0.3, 0.4) is 0 Å². The van der Waals surface area contributed by atoms with Crippen LogP contribution >= 0.6 is 0 Å². The van der Waals surface area contributed by atoms with Crippen LogP contribution in [0.5, 0.6) is 0 Å². The van der Waals surface area contributed by atoms with Gasteiger partial charge in [0.25, 0.3) is 0 Å². The fraction of sp³-hybridized carbons (Fsp3) is 0.857. The van der Waals surface area contributed by atoms with Crippen LogP contribution in [0.1, 0.15) is 21.1 Å². The molecule has 0 bridgehead atoms. The molecule has 0 spiro atoms. The quantitative estimate of drug-likeness (QED) is 0.615. The van der Waals surface area contributed by atoms with E-state index in [1.165, 1.54) is 0 Å². The third kappa shape index (κ3) is 1.29. The van der Waals surface area contributed by atoms with Gasteiger partial charge in [-0.1, -0.05) is 6.90 Å². The number of carboxylic acid groups (broad SMARTS) is 1. The van der Waals surface area contributed by atoms with Crippen LogP contribution < -0.4 is 0 Å². The SMILES string of the molecule is [2H]CCN1CCC[C@H]1C(=O)O. The summed E-state index contributed by atoms with van der Waals surface area (Å²) in [5.74, 6) is -0.740. The van der Waals surface area contributed by atoms with Crippen molar-refractivity contribution in [3.8, 4) is 0 Å². The predicted molar refractivity (Wildman–Crippen MR) is 37.9 cm³/mol. The second kappa shape index (κ2) is 3.01. The van der Waals surface area contributed by atoms with Gasteiger partial charge in [0.1, 0.15) is 6.04 Å². The molecule has 3 nitrogen and oxygen atoms in total. The Labute approximate surface area is 62.0 Å². The molecule has 3 heteroatoms. The second-order valence-electron chi connectivity index (χ2n) is 2.53. The van der Waals surface area contributed by atoms with Crippen LogP contribution in [0.2, 0.25) is 0 Å². The van der Waals surface area contributed by atoms with Crippen molar-refractivity contribution in [3.63, 3.8) is 0 Å². The zero-order valence-corrected chi connectivity index (χ0v) is 5.92. The van der Waals surface area contributed by atoms with Crippen molar-refractivity contribution >= 4 is 5.97 Å². The van der Waals surface area contributed by atoms with E-state index >= 15 is 0 Å². The van der Waals surface area contributed by atoms with Gasteiger partial charge in [-0.3, -0.25) is 9.69 Å². The monoisotopic (exact) mass is 144 g/mol. The Morgan fingerprint density at radius 3 is 3.40 bits per heavy atom. The third-order valence-corrected chi connectivity index (χ3v) is 1.94. The Morgan fingerprint density at radius 2 is 2.80 bits per heavy atom. The fourth-order valence-electron chi connectivity index (χ4n) is 1.37. The van der Waals surface area contributed by atoms with Crippen LogP contribution in [0, 0.1) is 0 Å². The lowest BCUT2D eigenvalue weighted by Gasteiger charge is -2.17. The third-order valence-electron chi connectivity index (χ3n) is 1.94. The van der Waals surface area contributed by atoms with Crippen molar-refractivity contribution in [3.05, 3.63) is 0 Å². The van der Waals surface area contributed by atoms with E-state index in [9.17, 15) is 4.79 Å². The van der Waals surface area contributed by atoms with E-state index < -0.39 is 5.97 Å². The van der Waals surface area contributed by atoms with Gasteiger partial charge in [0.2, 0.25) is 0 Å². The van der Waals surface area contributed by atoms with Crippen LogP contribution in [-0.2, 0) is 4.79 Å². The van der Waals surface area contributed by atoms with E-state index in [1.807, 2.05) is 4.90 Å². The maximum atomic E-state index is 10.6. The summed E-state index contributed by atoms with van der Waals surface area (Å²) >= 11 is 0. The molecule has 1 saturated heterocycles. The number of likely N-dealkylation sites (N-methyl/N-ethyl adjacent to an activating group) is 1. The summed E-state index contributed by atoms with van der Waals surface area (Å²) in [5.41, 5.74) is 0. The van der Waals surface area contributed by atoms with Gasteiger partial charge < -0.3 is 5.11 Å². The van der Waals surface area contributed by atoms with Gasteiger partial charge in [-0.05, 0) is 25.9 Å². The molecule has 58 valence electrons. The molecular formula is C7H13NO2. The molecule has 0 aromatic rings. The van der Waals surface area contributed by atoms with E-state index in [4.69, 9.17) is 6.48 Å². The van der Waals surface area contributed by atoms with Gasteiger partial charge in [0, 0.05) is 1.37 Å². The number of hydrogen-bond acceptors (Lipinski definition) is 2. The summed E-state index contributed by atoms with van der Waals surface area (Å²) < 4.78 is 6.96. The zero-order valence-electron chi connectivity index (χ0n) is 6.92. The van der Waals surface area contributed by atoms with Gasteiger partial charge in [0.05, 0.1) is 0 Å². The maximum absolute atomic E-state index is 10.6. The minimum absolute atomic E-state index is 0.295. The van der Waals surface area contributed by atoms with Crippen molar-refractivity contribution in [2.45, 2.75) is 25.8 Å². The van der Waals surface area contributed by atoms with E-state index in [2.05, 4.69) is 0 Å². The minimum atomic E-state index is -0.740. The summed E-state index contributed by atoms with van der Waals surface area (Å²) in [6, 6.07) is -0.319. The van der Waals surface area contributed by atoms with Crippen molar-refractivity contribution < 1.29 is 11.3 Å². The molecule has 0 aliphatic carbocycles. The molecule has 0 unspecified atom stereocenters. The molecule has 1 aliphatic rings. The molecular weight excluding hydrogens is 130 g/mol. The lowest BCUT2D eigenvalue weighted by Crippen LogP contribution is -2.35. The van der Waals surface area contributed by atoms with Gasteiger partial charge in [-0.2, -0.15) is 0 Å². The lowest BCUT2D eigenvalue weighted by molar-refractivity contribution is -0.142. The van der Waals surface area contributed by atoms with E-state index in [1.54, 1.807) is 0 Å². The van der Waals surface area contributed by atoms with E-state index in [0.717, 1.165) is 19.4 Å². The summed E-state index contributed by atoms with van der Waals surface area (Å²) in [4.78, 5) is 12.5. The Balaban J connectivity index is 2.44. The molecule has 0 saturated carbocycles. The standard InChI is InChI=1S/C7H13NO2/c1-2-8-5-3-4-6(8)7(9)10/h6H,2-5H2,1H3,(H,9,10)/t6-/m0/s1/i1D. The topological polar surface area (TPSA) is 40.5 Å². The van der Waals surface area contributed by atoms with Crippen molar-refractivity contribution in [1.29, 1.82) is 0 Å². The summed E-state index contributed by atoms with van der Waals surface area (Å²) in [5, 5.41) is 8.71. The van der Waals surface area contributed by atoms with Crippen LogP contribution in [0.25, 0.3) is 0 Å². The first kappa shape index (κ1) is 6.16. The van der Waals surface area contributed by atoms with E-state index in [0.29, 0.717) is 13.4 Å². The molecule has 1 fully saturated rings. The average molecular weight is 144 g/mol. The Hall–Kier alpha value is -0.570. The first-order chi connectivity index (χ1) is 5.25. The zero-order chi connectivity index (χ0) is 8.27.